The number of rotatable bonds is 7. The van der Waals surface area contributed by atoms with E-state index in [1.807, 2.05) is 0 Å². The van der Waals surface area contributed by atoms with E-state index < -0.39 is 0 Å². The lowest BCUT2D eigenvalue weighted by Gasteiger charge is -2.39. The number of ether oxygens (including phenoxy) is 1. The topological polar surface area (TPSA) is 47.3 Å². The predicted octanol–water partition coefficient (Wildman–Crippen LogP) is 2.85. The third kappa shape index (κ3) is 2.73. The summed E-state index contributed by atoms with van der Waals surface area (Å²) >= 11 is 0. The van der Waals surface area contributed by atoms with Crippen LogP contribution in [-0.4, -0.2) is 18.2 Å². The van der Waals surface area contributed by atoms with Gasteiger partial charge in [-0.1, -0.05) is 13.3 Å². The van der Waals surface area contributed by atoms with Crippen molar-refractivity contribution >= 4 is 0 Å². The molecule has 0 aromatic carbocycles. The molecule has 3 heteroatoms. The SMILES string of the molecule is CCOC(C)(CC)C(CC1CC2CCC1C2)NN. The van der Waals surface area contributed by atoms with Gasteiger partial charge in [0.2, 0.25) is 0 Å². The van der Waals surface area contributed by atoms with Gasteiger partial charge in [0.1, 0.15) is 0 Å². The van der Waals surface area contributed by atoms with Crippen LogP contribution in [0, 0.1) is 17.8 Å². The van der Waals surface area contributed by atoms with Crippen LogP contribution in [0.15, 0.2) is 0 Å². The summed E-state index contributed by atoms with van der Waals surface area (Å²) in [5.41, 5.74) is 2.92. The second-order valence-electron chi connectivity index (χ2n) is 6.49. The van der Waals surface area contributed by atoms with Crippen molar-refractivity contribution in [2.24, 2.45) is 23.6 Å². The van der Waals surface area contributed by atoms with Gasteiger partial charge in [0.05, 0.1) is 11.6 Å². The number of hydrogen-bond acceptors (Lipinski definition) is 3. The minimum Gasteiger partial charge on any atom is -0.374 e. The standard InChI is InChI=1S/C15H30N2O/c1-4-15(3,18-5-2)14(17-16)10-13-9-11-6-7-12(13)8-11/h11-14,17H,4-10,16H2,1-3H3. The molecule has 0 aromatic rings. The van der Waals surface area contributed by atoms with Gasteiger partial charge in [-0.05, 0) is 63.7 Å². The molecule has 3 nitrogen and oxygen atoms in total. The molecule has 3 N–H and O–H groups in total. The van der Waals surface area contributed by atoms with Crippen molar-refractivity contribution in [1.29, 1.82) is 0 Å². The van der Waals surface area contributed by atoms with Crippen LogP contribution in [0.2, 0.25) is 0 Å². The molecule has 106 valence electrons. The van der Waals surface area contributed by atoms with Gasteiger partial charge in [-0.15, -0.1) is 0 Å². The Bertz CT molecular complexity index is 271. The number of hydrazine groups is 1. The summed E-state index contributed by atoms with van der Waals surface area (Å²) in [5.74, 6) is 8.66. The van der Waals surface area contributed by atoms with Gasteiger partial charge in [-0.3, -0.25) is 11.3 Å². The summed E-state index contributed by atoms with van der Waals surface area (Å²) in [5, 5.41) is 0. The van der Waals surface area contributed by atoms with Gasteiger partial charge in [0.15, 0.2) is 0 Å². The van der Waals surface area contributed by atoms with Gasteiger partial charge >= 0.3 is 0 Å². The van der Waals surface area contributed by atoms with Crippen molar-refractivity contribution in [3.05, 3.63) is 0 Å². The van der Waals surface area contributed by atoms with Crippen LogP contribution in [0.25, 0.3) is 0 Å². The van der Waals surface area contributed by atoms with Crippen molar-refractivity contribution in [2.45, 2.75) is 70.9 Å². The lowest BCUT2D eigenvalue weighted by molar-refractivity contribution is -0.0618. The second-order valence-corrected chi connectivity index (χ2v) is 6.49. The Morgan fingerprint density at radius 1 is 1.33 bits per heavy atom. The minimum absolute atomic E-state index is 0.120. The van der Waals surface area contributed by atoms with E-state index in [1.165, 1.54) is 32.1 Å². The monoisotopic (exact) mass is 254 g/mol. The third-order valence-electron chi connectivity index (χ3n) is 5.54. The van der Waals surface area contributed by atoms with Crippen molar-refractivity contribution in [3.8, 4) is 0 Å². The van der Waals surface area contributed by atoms with E-state index >= 15 is 0 Å². The first-order chi connectivity index (χ1) is 8.62. The molecule has 0 saturated heterocycles. The van der Waals surface area contributed by atoms with E-state index in [4.69, 9.17) is 10.6 Å². The van der Waals surface area contributed by atoms with Gasteiger partial charge in [0.25, 0.3) is 0 Å². The zero-order valence-corrected chi connectivity index (χ0v) is 12.2. The summed E-state index contributed by atoms with van der Waals surface area (Å²) < 4.78 is 5.98. The van der Waals surface area contributed by atoms with E-state index in [0.717, 1.165) is 30.8 Å². The fourth-order valence-corrected chi connectivity index (χ4v) is 4.24. The summed E-state index contributed by atoms with van der Waals surface area (Å²) in [4.78, 5) is 0. The average molecular weight is 254 g/mol. The number of nitrogens with one attached hydrogen (secondary N) is 1. The van der Waals surface area contributed by atoms with Crippen LogP contribution < -0.4 is 11.3 Å². The molecule has 5 unspecified atom stereocenters. The van der Waals surface area contributed by atoms with Crippen LogP contribution in [0.1, 0.15) is 59.3 Å². The van der Waals surface area contributed by atoms with Crippen molar-refractivity contribution in [3.63, 3.8) is 0 Å². The first-order valence-corrected chi connectivity index (χ1v) is 7.73. The molecule has 0 aliphatic heterocycles. The molecule has 2 aliphatic rings. The Morgan fingerprint density at radius 2 is 2.11 bits per heavy atom. The van der Waals surface area contributed by atoms with Gasteiger partial charge in [-0.25, -0.2) is 0 Å². The number of fused-ring (bicyclic) bond motifs is 2. The maximum atomic E-state index is 5.98. The van der Waals surface area contributed by atoms with Crippen LogP contribution in [0.5, 0.6) is 0 Å². The summed E-state index contributed by atoms with van der Waals surface area (Å²) in [7, 11) is 0. The quantitative estimate of drug-likeness (QED) is 0.542. The van der Waals surface area contributed by atoms with E-state index in [2.05, 4.69) is 26.2 Å². The van der Waals surface area contributed by atoms with Crippen LogP contribution in [-0.2, 0) is 4.74 Å². The van der Waals surface area contributed by atoms with Crippen LogP contribution in [0.4, 0.5) is 0 Å². The lowest BCUT2D eigenvalue weighted by atomic mass is 9.79. The van der Waals surface area contributed by atoms with E-state index in [-0.39, 0.29) is 11.6 Å². The highest BCUT2D eigenvalue weighted by atomic mass is 16.5. The minimum atomic E-state index is -0.120. The fraction of sp³-hybridized carbons (Fsp3) is 1.00. The zero-order valence-electron chi connectivity index (χ0n) is 12.2. The molecule has 0 spiro atoms. The van der Waals surface area contributed by atoms with Crippen molar-refractivity contribution in [2.75, 3.05) is 6.61 Å². The molecule has 18 heavy (non-hydrogen) atoms. The molecule has 2 fully saturated rings. The Hall–Kier alpha value is -0.120. The number of nitrogens with two attached hydrogens (primary N) is 1. The Morgan fingerprint density at radius 3 is 2.56 bits per heavy atom. The normalized spacial score (nSPS) is 35.7. The van der Waals surface area contributed by atoms with Crippen LogP contribution >= 0.6 is 0 Å². The largest absolute Gasteiger partial charge is 0.374 e. The second kappa shape index (κ2) is 5.89. The number of hydrogen-bond donors (Lipinski definition) is 2. The summed E-state index contributed by atoms with van der Waals surface area (Å²) in [6.45, 7) is 7.23. The lowest BCUT2D eigenvalue weighted by Crippen LogP contribution is -2.54. The average Bonchev–Trinajstić information content (AvgIpc) is 2.98. The molecule has 0 heterocycles. The maximum absolute atomic E-state index is 5.98. The fourth-order valence-electron chi connectivity index (χ4n) is 4.24. The molecule has 0 amide bonds. The molecular formula is C15H30N2O. The smallest absolute Gasteiger partial charge is 0.0817 e. The Kier molecular flexibility index (Phi) is 4.68. The van der Waals surface area contributed by atoms with E-state index in [9.17, 15) is 0 Å². The van der Waals surface area contributed by atoms with E-state index in [1.54, 1.807) is 0 Å². The molecule has 2 saturated carbocycles. The molecular weight excluding hydrogens is 224 g/mol. The molecule has 2 aliphatic carbocycles. The summed E-state index contributed by atoms with van der Waals surface area (Å²) in [6, 6.07) is 0.284. The maximum Gasteiger partial charge on any atom is 0.0817 e. The van der Waals surface area contributed by atoms with Crippen molar-refractivity contribution in [1.82, 2.24) is 5.43 Å². The molecule has 0 radical (unpaired) electrons. The van der Waals surface area contributed by atoms with Crippen molar-refractivity contribution < 1.29 is 4.74 Å². The summed E-state index contributed by atoms with van der Waals surface area (Å²) in [6.07, 6.45) is 8.01. The van der Waals surface area contributed by atoms with Gasteiger partial charge in [-0.2, -0.15) is 0 Å². The van der Waals surface area contributed by atoms with Gasteiger partial charge in [0, 0.05) is 6.61 Å². The molecule has 5 atom stereocenters. The van der Waals surface area contributed by atoms with Gasteiger partial charge < -0.3 is 4.74 Å². The first-order valence-electron chi connectivity index (χ1n) is 7.73. The predicted molar refractivity (Wildman–Crippen MR) is 75.0 cm³/mol. The molecule has 0 aromatic heterocycles. The zero-order chi connectivity index (χ0) is 13.2. The first kappa shape index (κ1) is 14.3. The highest BCUT2D eigenvalue weighted by Crippen LogP contribution is 2.50. The third-order valence-corrected chi connectivity index (χ3v) is 5.54. The Labute approximate surface area is 112 Å². The highest BCUT2D eigenvalue weighted by Gasteiger charge is 2.43. The van der Waals surface area contributed by atoms with E-state index in [0.29, 0.717) is 0 Å². The Balaban J connectivity index is 1.95. The molecule has 2 rings (SSSR count). The molecule has 2 bridgehead atoms. The highest BCUT2D eigenvalue weighted by molar-refractivity contribution is 4.95. The van der Waals surface area contributed by atoms with Crippen LogP contribution in [0.3, 0.4) is 0 Å².